The van der Waals surface area contributed by atoms with Gasteiger partial charge in [-0.05, 0) is 78.2 Å². The zero-order valence-corrected chi connectivity index (χ0v) is 30.6. The second-order valence-corrected chi connectivity index (χ2v) is 21.1. The molecule has 3 aliphatic rings. The zero-order chi connectivity index (χ0) is 34.3. The second-order valence-electron chi connectivity index (χ2n) is 14.4. The Morgan fingerprint density at radius 1 is 1.04 bits per heavy atom. The maximum atomic E-state index is 14.4. The van der Waals surface area contributed by atoms with Gasteiger partial charge in [-0.3, -0.25) is 4.79 Å². The van der Waals surface area contributed by atoms with Gasteiger partial charge in [0, 0.05) is 18.3 Å². The van der Waals surface area contributed by atoms with Crippen LogP contribution in [0.5, 0.6) is 11.5 Å². The van der Waals surface area contributed by atoms with Gasteiger partial charge in [-0.1, -0.05) is 70.2 Å². The maximum absolute atomic E-state index is 14.4. The summed E-state index contributed by atoms with van der Waals surface area (Å²) in [6, 6.07) is 20.2. The molecule has 1 aliphatic carbocycles. The van der Waals surface area contributed by atoms with Crippen LogP contribution in [-0.4, -0.2) is 60.9 Å². The van der Waals surface area contributed by atoms with Crippen LogP contribution in [0.25, 0.3) is 0 Å². The lowest BCUT2D eigenvalue weighted by Crippen LogP contribution is -2.67. The number of nitrogen functional groups attached to an aromatic ring is 1. The molecule has 2 heterocycles. The van der Waals surface area contributed by atoms with E-state index in [4.69, 9.17) is 19.6 Å². The van der Waals surface area contributed by atoms with E-state index in [0.717, 1.165) is 11.1 Å². The molecule has 3 fully saturated rings. The molecule has 254 valence electrons. The quantitative estimate of drug-likeness (QED) is 0.181. The summed E-state index contributed by atoms with van der Waals surface area (Å²) in [7, 11) is -2.72. The van der Waals surface area contributed by atoms with E-state index in [-0.39, 0.29) is 39.6 Å². The summed E-state index contributed by atoms with van der Waals surface area (Å²) in [5.74, 6) is 1.63. The number of nitrogens with one attached hydrogen (secondary N) is 1. The third kappa shape index (κ3) is 6.81. The first-order chi connectivity index (χ1) is 22.1. The van der Waals surface area contributed by atoms with Crippen molar-refractivity contribution in [3.63, 3.8) is 0 Å². The molecule has 1 saturated carbocycles. The number of anilines is 1. The van der Waals surface area contributed by atoms with Crippen molar-refractivity contribution in [3.05, 3.63) is 83.4 Å². The second kappa shape index (κ2) is 13.3. The van der Waals surface area contributed by atoms with Gasteiger partial charge < -0.3 is 24.5 Å². The molecule has 5 atom stereocenters. The molecule has 3 unspecified atom stereocenters. The highest BCUT2D eigenvalue weighted by Gasteiger charge is 2.59. The summed E-state index contributed by atoms with van der Waals surface area (Å²) in [6.45, 7) is 14.6. The summed E-state index contributed by atoms with van der Waals surface area (Å²) in [4.78, 5) is 16.6. The lowest BCUT2D eigenvalue weighted by molar-refractivity contribution is -0.101. The minimum atomic E-state index is -3.54. The number of carbonyl (C=O) groups excluding carboxylic acids is 1. The molecule has 0 aromatic heterocycles. The number of hydrogen-bond donors (Lipinski definition) is 2. The molecule has 11 heteroatoms. The fourth-order valence-corrected chi connectivity index (χ4v) is 8.59. The molecule has 9 nitrogen and oxygen atoms in total. The molecule has 3 aromatic rings. The fraction of sp³-hybridized carbons (Fsp3) is 0.472. The van der Waals surface area contributed by atoms with Gasteiger partial charge in [0.25, 0.3) is 5.91 Å². The summed E-state index contributed by atoms with van der Waals surface area (Å²) in [6.07, 6.45) is 0. The topological polar surface area (TPSA) is 120 Å². The number of fused-ring (bicyclic) bond motifs is 2. The summed E-state index contributed by atoms with van der Waals surface area (Å²) < 4.78 is 45.7. The highest BCUT2D eigenvalue weighted by Crippen LogP contribution is 2.59. The van der Waals surface area contributed by atoms with E-state index in [1.54, 1.807) is 31.4 Å². The number of nitrogens with zero attached hydrogens (tertiary/aromatic N) is 1. The van der Waals surface area contributed by atoms with Gasteiger partial charge >= 0.3 is 0 Å². The molecule has 1 amide bonds. The van der Waals surface area contributed by atoms with Crippen LogP contribution in [0.3, 0.4) is 0 Å². The van der Waals surface area contributed by atoms with E-state index < -0.39 is 18.3 Å². The number of hydrogen-bond acceptors (Lipinski definition) is 7. The predicted molar refractivity (Wildman–Crippen MR) is 188 cm³/mol. The largest absolute Gasteiger partial charge is 0.493 e. The van der Waals surface area contributed by atoms with E-state index in [1.165, 1.54) is 7.05 Å². The van der Waals surface area contributed by atoms with Crippen LogP contribution in [0.1, 0.15) is 55.1 Å². The molecule has 47 heavy (non-hydrogen) atoms. The van der Waals surface area contributed by atoms with Crippen molar-refractivity contribution in [1.82, 2.24) is 9.62 Å². The summed E-state index contributed by atoms with van der Waals surface area (Å²) in [5, 5.41) is 0.00564. The van der Waals surface area contributed by atoms with Crippen LogP contribution < -0.4 is 19.9 Å². The molecule has 0 spiro atoms. The van der Waals surface area contributed by atoms with Gasteiger partial charge in [0.05, 0.1) is 30.2 Å². The summed E-state index contributed by atoms with van der Waals surface area (Å²) >= 11 is 0. The van der Waals surface area contributed by atoms with E-state index in [9.17, 15) is 13.2 Å². The van der Waals surface area contributed by atoms with Crippen LogP contribution >= 0.6 is 0 Å². The number of ether oxygens (including phenoxy) is 2. The lowest BCUT2D eigenvalue weighted by atomic mass is 9.50. The molecule has 0 radical (unpaired) electrons. The average Bonchev–Trinajstić information content (AvgIpc) is 3.05. The van der Waals surface area contributed by atoms with Gasteiger partial charge in [-0.15, -0.1) is 0 Å². The zero-order valence-electron chi connectivity index (χ0n) is 28.7. The number of nitrogens with two attached hydrogens (primary N) is 1. The molecule has 2 bridgehead atoms. The molecule has 3 aromatic carbocycles. The molecule has 3 N–H and O–H groups in total. The summed E-state index contributed by atoms with van der Waals surface area (Å²) in [5.41, 5.74) is 9.35. The first-order valence-electron chi connectivity index (χ1n) is 16.2. The molecule has 2 aliphatic heterocycles. The number of carbonyl (C=O) groups is 1. The Kier molecular flexibility index (Phi) is 9.85. The molecule has 2 saturated heterocycles. The van der Waals surface area contributed by atoms with Gasteiger partial charge in [-0.2, -0.15) is 0 Å². The Morgan fingerprint density at radius 3 is 2.30 bits per heavy atom. The highest BCUT2D eigenvalue weighted by atomic mass is 32.2. The number of piperidine rings is 2. The van der Waals surface area contributed by atoms with Gasteiger partial charge in [0.2, 0.25) is 10.0 Å². The Labute approximate surface area is 281 Å². The van der Waals surface area contributed by atoms with Crippen molar-refractivity contribution < 1.29 is 27.1 Å². The van der Waals surface area contributed by atoms with E-state index >= 15 is 0 Å². The fourth-order valence-electron chi connectivity index (χ4n) is 6.84. The van der Waals surface area contributed by atoms with Crippen molar-refractivity contribution in [3.8, 4) is 11.5 Å². The Hall–Kier alpha value is -3.38. The monoisotopic (exact) mass is 679 g/mol. The van der Waals surface area contributed by atoms with Crippen LogP contribution in [0.15, 0.2) is 71.6 Å². The highest BCUT2D eigenvalue weighted by molar-refractivity contribution is 7.89. The molecular formula is C36H49N3O6SSi. The maximum Gasteiger partial charge on any atom is 0.256 e. The predicted octanol–water partition coefficient (Wildman–Crippen LogP) is 6.28. The van der Waals surface area contributed by atoms with Gasteiger partial charge in [-0.25, -0.2) is 13.1 Å². The van der Waals surface area contributed by atoms with Crippen molar-refractivity contribution >= 4 is 29.9 Å². The van der Waals surface area contributed by atoms with E-state index in [2.05, 4.69) is 45.5 Å². The molecule has 6 rings (SSSR count). The van der Waals surface area contributed by atoms with Gasteiger partial charge in [0.1, 0.15) is 6.61 Å². The number of rotatable bonds is 11. The minimum absolute atomic E-state index is 0.00564. The minimum Gasteiger partial charge on any atom is -0.493 e. The number of amides is 1. The Morgan fingerprint density at radius 2 is 1.70 bits per heavy atom. The van der Waals surface area contributed by atoms with E-state index in [0.29, 0.717) is 48.4 Å². The number of sulfonamides is 1. The smallest absolute Gasteiger partial charge is 0.256 e. The Bertz CT molecular complexity index is 1690. The number of benzene rings is 3. The third-order valence-corrected chi connectivity index (χ3v) is 16.7. The van der Waals surface area contributed by atoms with Crippen molar-refractivity contribution in [1.29, 1.82) is 0 Å². The van der Waals surface area contributed by atoms with Crippen LogP contribution in [0.4, 0.5) is 5.69 Å². The van der Waals surface area contributed by atoms with Gasteiger partial charge in [0.15, 0.2) is 19.8 Å². The van der Waals surface area contributed by atoms with Crippen molar-refractivity contribution in [2.45, 2.75) is 69.3 Å². The van der Waals surface area contributed by atoms with Crippen molar-refractivity contribution in [2.24, 2.45) is 17.8 Å². The number of methoxy groups -OCH3 is 1. The van der Waals surface area contributed by atoms with Crippen molar-refractivity contribution in [2.75, 3.05) is 33.0 Å². The Balaban J connectivity index is 1.45. The SMILES string of the molecule is CNS(=O)(=O)c1ccc(C2C3CN(C(=O)c4cc(OC)c(OCc5ccccc5)cc4N)[C@H](CO[Si](C)(C)C(C)(C)C)C2[C@H]3C)cc1. The standard InChI is InChI=1S/C36H49N3O6SSi/c1-23-28-20-39(35(40)27-18-31(43-6)32(19-29(27)37)44-21-24-12-10-9-11-13-24)30(22-45-47(7,8)36(2,3)4)33(23)34(28)25-14-16-26(17-15-25)46(41,42)38-5/h9-19,23,28,30,33-34,38H,20-22,37H2,1-8H3/t23-,28?,30+,33?,34?/m0/s1. The first-order valence-corrected chi connectivity index (χ1v) is 20.6. The average molecular weight is 680 g/mol. The van der Waals surface area contributed by atoms with Crippen LogP contribution in [0, 0.1) is 17.8 Å². The van der Waals surface area contributed by atoms with Crippen LogP contribution in [-0.2, 0) is 21.1 Å². The lowest BCUT2D eigenvalue weighted by Gasteiger charge is -2.63. The van der Waals surface area contributed by atoms with Crippen LogP contribution in [0.2, 0.25) is 18.1 Å². The normalized spacial score (nSPS) is 22.8. The third-order valence-electron chi connectivity index (χ3n) is 10.7. The van der Waals surface area contributed by atoms with E-state index in [1.807, 2.05) is 47.4 Å². The first kappa shape index (κ1) is 34.9. The molecular weight excluding hydrogens is 631 g/mol.